The van der Waals surface area contributed by atoms with Gasteiger partial charge < -0.3 is 14.0 Å². The Balaban J connectivity index is 1.67. The molecule has 6 heteroatoms. The number of nitrogens with zero attached hydrogens (tertiary/aromatic N) is 1. The van der Waals surface area contributed by atoms with Crippen LogP contribution >= 0.6 is 11.6 Å². The summed E-state index contributed by atoms with van der Waals surface area (Å²) in [6, 6.07) is 12.1. The van der Waals surface area contributed by atoms with Crippen molar-refractivity contribution in [2.24, 2.45) is 0 Å². The molecule has 0 saturated heterocycles. The van der Waals surface area contributed by atoms with Crippen molar-refractivity contribution in [3.63, 3.8) is 0 Å². The zero-order valence-electron chi connectivity index (χ0n) is 11.9. The monoisotopic (exact) mass is 321 g/mol. The van der Waals surface area contributed by atoms with Crippen LogP contribution < -0.4 is 5.56 Å². The van der Waals surface area contributed by atoms with E-state index in [1.165, 1.54) is 10.6 Å². The van der Waals surface area contributed by atoms with Crippen LogP contribution in [0.1, 0.15) is 5.56 Å². The molecule has 0 radical (unpaired) electrons. The summed E-state index contributed by atoms with van der Waals surface area (Å²) in [6.07, 6.45) is 1.64. The van der Waals surface area contributed by atoms with Gasteiger partial charge in [0.1, 0.15) is 13.2 Å². The van der Waals surface area contributed by atoms with Crippen LogP contribution in [0.25, 0.3) is 0 Å². The van der Waals surface area contributed by atoms with E-state index in [4.69, 9.17) is 21.1 Å². The van der Waals surface area contributed by atoms with Crippen LogP contribution in [0.15, 0.2) is 53.5 Å². The number of carbonyl (C=O) groups is 1. The number of rotatable bonds is 7. The Kier molecular flexibility index (Phi) is 6.18. The maximum atomic E-state index is 11.5. The lowest BCUT2D eigenvalue weighted by molar-refractivity contribution is -0.149. The summed E-state index contributed by atoms with van der Waals surface area (Å²) >= 11 is 5.98. The Bertz CT molecular complexity index is 684. The van der Waals surface area contributed by atoms with E-state index >= 15 is 0 Å². The van der Waals surface area contributed by atoms with Crippen LogP contribution in [-0.2, 0) is 27.4 Å². The highest BCUT2D eigenvalue weighted by molar-refractivity contribution is 6.31. The van der Waals surface area contributed by atoms with Crippen molar-refractivity contribution in [2.45, 2.75) is 13.2 Å². The van der Waals surface area contributed by atoms with E-state index in [2.05, 4.69) is 0 Å². The van der Waals surface area contributed by atoms with Gasteiger partial charge in [-0.15, -0.1) is 0 Å². The number of pyridine rings is 1. The van der Waals surface area contributed by atoms with Gasteiger partial charge in [-0.25, -0.2) is 4.79 Å². The Morgan fingerprint density at radius 2 is 1.91 bits per heavy atom. The average Bonchev–Trinajstić information content (AvgIpc) is 2.51. The van der Waals surface area contributed by atoms with E-state index in [0.29, 0.717) is 11.6 Å². The van der Waals surface area contributed by atoms with Crippen LogP contribution in [0.3, 0.4) is 0 Å². The molecule has 1 heterocycles. The van der Waals surface area contributed by atoms with E-state index in [0.717, 1.165) is 5.56 Å². The molecule has 0 aliphatic rings. The second-order valence-electron chi connectivity index (χ2n) is 4.54. The first-order chi connectivity index (χ1) is 10.7. The maximum absolute atomic E-state index is 11.5. The number of hydrogen-bond acceptors (Lipinski definition) is 4. The Labute approximate surface area is 133 Å². The zero-order valence-corrected chi connectivity index (χ0v) is 12.7. The summed E-state index contributed by atoms with van der Waals surface area (Å²) in [6.45, 7) is 0.524. The van der Waals surface area contributed by atoms with Gasteiger partial charge in [0.25, 0.3) is 5.56 Å². The van der Waals surface area contributed by atoms with E-state index in [1.54, 1.807) is 24.4 Å². The molecular weight excluding hydrogens is 306 g/mol. The van der Waals surface area contributed by atoms with Crippen molar-refractivity contribution in [1.29, 1.82) is 0 Å². The number of benzene rings is 1. The van der Waals surface area contributed by atoms with Crippen molar-refractivity contribution in [1.82, 2.24) is 4.57 Å². The first-order valence-electron chi connectivity index (χ1n) is 6.79. The van der Waals surface area contributed by atoms with Gasteiger partial charge in [0, 0.05) is 17.3 Å². The molecule has 0 spiro atoms. The van der Waals surface area contributed by atoms with Crippen molar-refractivity contribution in [3.8, 4) is 0 Å². The van der Waals surface area contributed by atoms with Gasteiger partial charge in [-0.3, -0.25) is 4.79 Å². The smallest absolute Gasteiger partial charge is 0.332 e. The standard InChI is InChI=1S/C16H16ClNO4/c17-14-6-2-1-5-13(14)11-21-12-16(20)22-10-9-18-8-4-3-7-15(18)19/h1-8H,9-12H2. The quantitative estimate of drug-likeness (QED) is 0.734. The number of aromatic nitrogens is 1. The second kappa shape index (κ2) is 8.36. The molecule has 2 rings (SSSR count). The molecule has 0 fully saturated rings. The Morgan fingerprint density at radius 3 is 2.68 bits per heavy atom. The van der Waals surface area contributed by atoms with Crippen molar-refractivity contribution >= 4 is 17.6 Å². The molecular formula is C16H16ClNO4. The largest absolute Gasteiger partial charge is 0.462 e. The molecule has 0 aliphatic carbocycles. The molecule has 1 aromatic heterocycles. The normalized spacial score (nSPS) is 10.4. The van der Waals surface area contributed by atoms with E-state index in [9.17, 15) is 9.59 Å². The molecule has 0 unspecified atom stereocenters. The molecule has 0 bridgehead atoms. The summed E-state index contributed by atoms with van der Waals surface area (Å²) in [4.78, 5) is 23.0. The lowest BCUT2D eigenvalue weighted by Gasteiger charge is -2.08. The van der Waals surface area contributed by atoms with Crippen molar-refractivity contribution < 1.29 is 14.3 Å². The molecule has 2 aromatic rings. The van der Waals surface area contributed by atoms with Gasteiger partial charge in [-0.2, -0.15) is 0 Å². The van der Waals surface area contributed by atoms with Gasteiger partial charge in [-0.1, -0.05) is 35.9 Å². The maximum Gasteiger partial charge on any atom is 0.332 e. The summed E-state index contributed by atoms with van der Waals surface area (Å²) < 4.78 is 11.7. The Morgan fingerprint density at radius 1 is 1.14 bits per heavy atom. The molecule has 0 saturated carbocycles. The fourth-order valence-corrected chi connectivity index (χ4v) is 1.99. The third-order valence-corrected chi connectivity index (χ3v) is 3.30. The summed E-state index contributed by atoms with van der Waals surface area (Å²) in [5.41, 5.74) is 0.682. The highest BCUT2D eigenvalue weighted by atomic mass is 35.5. The lowest BCUT2D eigenvalue weighted by atomic mass is 10.2. The minimum Gasteiger partial charge on any atom is -0.462 e. The third-order valence-electron chi connectivity index (χ3n) is 2.93. The summed E-state index contributed by atoms with van der Waals surface area (Å²) in [7, 11) is 0. The molecule has 0 atom stereocenters. The first kappa shape index (κ1) is 16.3. The number of hydrogen-bond donors (Lipinski definition) is 0. The number of esters is 1. The van der Waals surface area contributed by atoms with Gasteiger partial charge in [0.15, 0.2) is 0 Å². The van der Waals surface area contributed by atoms with Crippen molar-refractivity contribution in [3.05, 3.63) is 69.6 Å². The zero-order chi connectivity index (χ0) is 15.8. The SMILES string of the molecule is O=C(COCc1ccccc1Cl)OCCn1ccccc1=O. The van der Waals surface area contributed by atoms with E-state index < -0.39 is 5.97 Å². The number of halogens is 1. The predicted molar refractivity (Wildman–Crippen MR) is 82.8 cm³/mol. The van der Waals surface area contributed by atoms with Crippen molar-refractivity contribution in [2.75, 3.05) is 13.2 Å². The number of carbonyl (C=O) groups excluding carboxylic acids is 1. The van der Waals surface area contributed by atoms with Crippen LogP contribution in [-0.4, -0.2) is 23.8 Å². The van der Waals surface area contributed by atoms with Crippen LogP contribution in [0.5, 0.6) is 0 Å². The van der Waals surface area contributed by atoms with E-state index in [-0.39, 0.29) is 25.4 Å². The number of ether oxygens (including phenoxy) is 2. The molecule has 0 N–H and O–H groups in total. The molecule has 116 valence electrons. The van der Waals surface area contributed by atoms with E-state index in [1.807, 2.05) is 18.2 Å². The molecule has 0 amide bonds. The third kappa shape index (κ3) is 5.02. The average molecular weight is 322 g/mol. The second-order valence-corrected chi connectivity index (χ2v) is 4.94. The van der Waals surface area contributed by atoms with Gasteiger partial charge >= 0.3 is 5.97 Å². The lowest BCUT2D eigenvalue weighted by Crippen LogP contribution is -2.22. The minimum atomic E-state index is -0.476. The first-order valence-corrected chi connectivity index (χ1v) is 7.17. The fraction of sp³-hybridized carbons (Fsp3) is 0.250. The highest BCUT2D eigenvalue weighted by Crippen LogP contribution is 2.15. The van der Waals surface area contributed by atoms with Gasteiger partial charge in [0.05, 0.1) is 13.2 Å². The van der Waals surface area contributed by atoms with Gasteiger partial charge in [0.2, 0.25) is 0 Å². The summed E-state index contributed by atoms with van der Waals surface area (Å²) in [5, 5.41) is 0.597. The minimum absolute atomic E-state index is 0.123. The predicted octanol–water partition coefficient (Wildman–Crippen LogP) is 2.26. The molecule has 0 aliphatic heterocycles. The molecule has 5 nitrogen and oxygen atoms in total. The Hall–Kier alpha value is -2.11. The van der Waals surface area contributed by atoms with Crippen LogP contribution in [0.4, 0.5) is 0 Å². The highest BCUT2D eigenvalue weighted by Gasteiger charge is 2.05. The molecule has 22 heavy (non-hydrogen) atoms. The van der Waals surface area contributed by atoms with Crippen LogP contribution in [0, 0.1) is 0 Å². The van der Waals surface area contributed by atoms with Gasteiger partial charge in [-0.05, 0) is 17.7 Å². The summed E-state index contributed by atoms with van der Waals surface area (Å²) in [5.74, 6) is -0.476. The van der Waals surface area contributed by atoms with Crippen LogP contribution in [0.2, 0.25) is 5.02 Å². The fourth-order valence-electron chi connectivity index (χ4n) is 1.80. The molecule has 1 aromatic carbocycles. The topological polar surface area (TPSA) is 57.5 Å².